The summed E-state index contributed by atoms with van der Waals surface area (Å²) in [7, 11) is 0. The molecular weight excluding hydrogens is 364 g/mol. The number of nitrogens with zero attached hydrogens (tertiary/aromatic N) is 1. The largest absolute Gasteiger partial charge is 0.376 e. The van der Waals surface area contributed by atoms with Gasteiger partial charge in [0.1, 0.15) is 6.04 Å². The van der Waals surface area contributed by atoms with E-state index >= 15 is 0 Å². The average Bonchev–Trinajstić information content (AvgIpc) is 3.27. The van der Waals surface area contributed by atoms with Crippen LogP contribution in [0.5, 0.6) is 0 Å². The second kappa shape index (κ2) is 10.8. The number of rotatable bonds is 9. The van der Waals surface area contributed by atoms with E-state index in [1.807, 2.05) is 67.6 Å². The van der Waals surface area contributed by atoms with Crippen LogP contribution in [0.2, 0.25) is 0 Å². The fraction of sp³-hybridized carbons (Fsp3) is 0.417. The summed E-state index contributed by atoms with van der Waals surface area (Å²) >= 11 is 0. The van der Waals surface area contributed by atoms with E-state index < -0.39 is 6.04 Å². The Morgan fingerprint density at radius 1 is 1.10 bits per heavy atom. The molecule has 0 aromatic heterocycles. The van der Waals surface area contributed by atoms with Gasteiger partial charge in [0, 0.05) is 26.1 Å². The Morgan fingerprint density at radius 2 is 1.79 bits per heavy atom. The van der Waals surface area contributed by atoms with Crippen molar-refractivity contribution in [2.24, 2.45) is 0 Å². The predicted molar refractivity (Wildman–Crippen MR) is 113 cm³/mol. The maximum atomic E-state index is 13.3. The van der Waals surface area contributed by atoms with Crippen molar-refractivity contribution in [2.75, 3.05) is 13.2 Å². The quantitative estimate of drug-likeness (QED) is 0.703. The van der Waals surface area contributed by atoms with Crippen LogP contribution >= 0.6 is 0 Å². The molecule has 3 rings (SSSR count). The molecule has 1 heterocycles. The maximum absolute atomic E-state index is 13.3. The van der Waals surface area contributed by atoms with E-state index in [9.17, 15) is 9.59 Å². The number of carbonyl (C=O) groups excluding carboxylic acids is 2. The van der Waals surface area contributed by atoms with E-state index in [1.165, 1.54) is 0 Å². The molecule has 1 saturated heterocycles. The van der Waals surface area contributed by atoms with Gasteiger partial charge in [0.2, 0.25) is 11.8 Å². The number of benzene rings is 2. The van der Waals surface area contributed by atoms with Crippen LogP contribution in [0.25, 0.3) is 0 Å². The van der Waals surface area contributed by atoms with Gasteiger partial charge in [-0.05, 0) is 30.4 Å². The SMILES string of the molecule is CCCC(=O)N(Cc1ccccc1)C(C(=O)NCC1CCCO1)c1ccccc1. The molecule has 2 unspecified atom stereocenters. The molecule has 1 N–H and O–H groups in total. The summed E-state index contributed by atoms with van der Waals surface area (Å²) in [5, 5.41) is 3.03. The summed E-state index contributed by atoms with van der Waals surface area (Å²) in [6, 6.07) is 18.7. The number of carbonyl (C=O) groups is 2. The van der Waals surface area contributed by atoms with Gasteiger partial charge in [0.05, 0.1) is 6.10 Å². The van der Waals surface area contributed by atoms with Gasteiger partial charge in [-0.25, -0.2) is 0 Å². The third-order valence-corrected chi connectivity index (χ3v) is 5.18. The minimum atomic E-state index is -0.670. The highest BCUT2D eigenvalue weighted by Gasteiger charge is 2.31. The highest BCUT2D eigenvalue weighted by atomic mass is 16.5. The van der Waals surface area contributed by atoms with Crippen LogP contribution in [-0.2, 0) is 20.9 Å². The second-order valence-corrected chi connectivity index (χ2v) is 7.45. The zero-order valence-corrected chi connectivity index (χ0v) is 17.0. The Bertz CT molecular complexity index is 773. The van der Waals surface area contributed by atoms with Gasteiger partial charge in [-0.15, -0.1) is 0 Å². The minimum absolute atomic E-state index is 0.0162. The third-order valence-electron chi connectivity index (χ3n) is 5.18. The molecule has 2 aromatic carbocycles. The molecule has 5 heteroatoms. The van der Waals surface area contributed by atoms with Crippen molar-refractivity contribution in [3.63, 3.8) is 0 Å². The molecule has 2 amide bonds. The molecule has 5 nitrogen and oxygen atoms in total. The smallest absolute Gasteiger partial charge is 0.247 e. The molecule has 0 radical (unpaired) electrons. The van der Waals surface area contributed by atoms with Gasteiger partial charge in [0.25, 0.3) is 0 Å². The maximum Gasteiger partial charge on any atom is 0.247 e. The molecule has 154 valence electrons. The summed E-state index contributed by atoms with van der Waals surface area (Å²) in [5.41, 5.74) is 1.82. The monoisotopic (exact) mass is 394 g/mol. The number of ether oxygens (including phenoxy) is 1. The van der Waals surface area contributed by atoms with E-state index in [4.69, 9.17) is 4.74 Å². The first-order valence-electron chi connectivity index (χ1n) is 10.5. The first kappa shape index (κ1) is 21.1. The zero-order valence-electron chi connectivity index (χ0n) is 17.0. The molecule has 2 aromatic rings. The Kier molecular flexibility index (Phi) is 7.82. The van der Waals surface area contributed by atoms with E-state index in [2.05, 4.69) is 5.32 Å². The predicted octanol–water partition coefficient (Wildman–Crippen LogP) is 3.85. The Balaban J connectivity index is 1.86. The minimum Gasteiger partial charge on any atom is -0.376 e. The summed E-state index contributed by atoms with van der Waals surface area (Å²) in [6.07, 6.45) is 3.19. The highest BCUT2D eigenvalue weighted by Crippen LogP contribution is 2.25. The van der Waals surface area contributed by atoms with Crippen molar-refractivity contribution in [1.82, 2.24) is 10.2 Å². The van der Waals surface area contributed by atoms with Gasteiger partial charge in [-0.2, -0.15) is 0 Å². The standard InChI is InChI=1S/C24H30N2O3/c1-2-10-22(27)26(18-19-11-5-3-6-12-19)23(20-13-7-4-8-14-20)24(28)25-17-21-15-9-16-29-21/h3-8,11-14,21,23H,2,9-10,15-18H2,1H3,(H,25,28). The molecule has 2 atom stereocenters. The second-order valence-electron chi connectivity index (χ2n) is 7.45. The molecule has 1 aliphatic heterocycles. The van der Waals surface area contributed by atoms with Crippen LogP contribution in [0.1, 0.15) is 49.8 Å². The third kappa shape index (κ3) is 5.91. The first-order valence-corrected chi connectivity index (χ1v) is 10.5. The normalized spacial score (nSPS) is 16.9. The summed E-state index contributed by atoms with van der Waals surface area (Å²) in [5.74, 6) is -0.176. The van der Waals surface area contributed by atoms with Gasteiger partial charge in [0.15, 0.2) is 0 Å². The average molecular weight is 395 g/mol. The van der Waals surface area contributed by atoms with Crippen molar-refractivity contribution in [3.8, 4) is 0 Å². The van der Waals surface area contributed by atoms with Crippen LogP contribution in [0.3, 0.4) is 0 Å². The number of amides is 2. The van der Waals surface area contributed by atoms with E-state index in [-0.39, 0.29) is 17.9 Å². The molecule has 0 spiro atoms. The highest BCUT2D eigenvalue weighted by molar-refractivity contribution is 5.88. The molecule has 0 bridgehead atoms. The molecule has 0 saturated carbocycles. The van der Waals surface area contributed by atoms with Crippen LogP contribution in [0.4, 0.5) is 0 Å². The zero-order chi connectivity index (χ0) is 20.5. The van der Waals surface area contributed by atoms with Crippen molar-refractivity contribution in [1.29, 1.82) is 0 Å². The number of hydrogen-bond donors (Lipinski definition) is 1. The summed E-state index contributed by atoms with van der Waals surface area (Å²) in [6.45, 7) is 3.60. The number of nitrogens with one attached hydrogen (secondary N) is 1. The molecule has 1 aliphatic rings. The lowest BCUT2D eigenvalue weighted by molar-refractivity contribution is -0.141. The molecule has 29 heavy (non-hydrogen) atoms. The number of hydrogen-bond acceptors (Lipinski definition) is 3. The van der Waals surface area contributed by atoms with Crippen LogP contribution < -0.4 is 5.32 Å². The summed E-state index contributed by atoms with van der Waals surface area (Å²) in [4.78, 5) is 28.0. The lowest BCUT2D eigenvalue weighted by Gasteiger charge is -2.32. The van der Waals surface area contributed by atoms with Crippen molar-refractivity contribution in [2.45, 2.75) is 51.3 Å². The van der Waals surface area contributed by atoms with Crippen LogP contribution in [0.15, 0.2) is 60.7 Å². The van der Waals surface area contributed by atoms with E-state index in [0.717, 1.165) is 37.0 Å². The molecule has 1 fully saturated rings. The summed E-state index contributed by atoms with van der Waals surface area (Å²) < 4.78 is 5.64. The van der Waals surface area contributed by atoms with Gasteiger partial charge in [-0.1, -0.05) is 67.6 Å². The fourth-order valence-electron chi connectivity index (χ4n) is 3.69. The van der Waals surface area contributed by atoms with Crippen molar-refractivity contribution < 1.29 is 14.3 Å². The van der Waals surface area contributed by atoms with Crippen LogP contribution in [0, 0.1) is 0 Å². The van der Waals surface area contributed by atoms with Gasteiger partial charge in [-0.3, -0.25) is 9.59 Å². The van der Waals surface area contributed by atoms with E-state index in [1.54, 1.807) is 4.90 Å². The van der Waals surface area contributed by atoms with Crippen LogP contribution in [-0.4, -0.2) is 36.0 Å². The van der Waals surface area contributed by atoms with E-state index in [0.29, 0.717) is 19.5 Å². The molecular formula is C24H30N2O3. The van der Waals surface area contributed by atoms with Crippen molar-refractivity contribution in [3.05, 3.63) is 71.8 Å². The Labute approximate surface area is 173 Å². The Hall–Kier alpha value is -2.66. The lowest BCUT2D eigenvalue weighted by Crippen LogP contribution is -2.45. The first-order chi connectivity index (χ1) is 14.2. The van der Waals surface area contributed by atoms with Crippen molar-refractivity contribution >= 4 is 11.8 Å². The fourth-order valence-corrected chi connectivity index (χ4v) is 3.69. The topological polar surface area (TPSA) is 58.6 Å². The van der Waals surface area contributed by atoms with Gasteiger partial charge < -0.3 is 15.0 Å². The Morgan fingerprint density at radius 3 is 2.41 bits per heavy atom. The van der Waals surface area contributed by atoms with Gasteiger partial charge >= 0.3 is 0 Å². The lowest BCUT2D eigenvalue weighted by atomic mass is 10.0. The molecule has 0 aliphatic carbocycles.